The van der Waals surface area contributed by atoms with E-state index in [1.165, 1.54) is 5.56 Å². The van der Waals surface area contributed by atoms with E-state index in [-0.39, 0.29) is 0 Å². The topological polar surface area (TPSA) is 40.5 Å². The molecule has 3 nitrogen and oxygen atoms in total. The number of benzene rings is 1. The van der Waals surface area contributed by atoms with Gasteiger partial charge in [0, 0.05) is 18.8 Å². The van der Waals surface area contributed by atoms with Crippen molar-refractivity contribution in [1.82, 2.24) is 0 Å². The van der Waals surface area contributed by atoms with E-state index < -0.39 is 11.4 Å². The Bertz CT molecular complexity index is 425. The van der Waals surface area contributed by atoms with E-state index in [0.29, 0.717) is 19.4 Å². The molecule has 0 atom stereocenters. The molecule has 0 saturated heterocycles. The molecule has 0 saturated carbocycles. The fraction of sp³-hybridized carbons (Fsp3) is 0.562. The molecule has 106 valence electrons. The summed E-state index contributed by atoms with van der Waals surface area (Å²) in [6, 6.07) is 8.24. The van der Waals surface area contributed by atoms with E-state index in [1.807, 2.05) is 19.9 Å². The van der Waals surface area contributed by atoms with Gasteiger partial charge in [-0.2, -0.15) is 0 Å². The highest BCUT2D eigenvalue weighted by Gasteiger charge is 2.36. The number of hydrogen-bond acceptors (Lipinski definition) is 2. The summed E-state index contributed by atoms with van der Waals surface area (Å²) in [7, 11) is 0. The molecular formula is C16H25NO2. The largest absolute Gasteiger partial charge is 0.481 e. The lowest BCUT2D eigenvalue weighted by Crippen LogP contribution is -2.42. The van der Waals surface area contributed by atoms with Crippen molar-refractivity contribution in [3.8, 4) is 0 Å². The van der Waals surface area contributed by atoms with Crippen LogP contribution in [0.5, 0.6) is 0 Å². The molecule has 0 aliphatic rings. The third-order valence-corrected chi connectivity index (χ3v) is 4.05. The standard InChI is InChI=1S/C16H25NO2/c1-5-16(6-2,15(18)19)12-17(7-3)14-10-8-9-13(4)11-14/h8-11H,5-7,12H2,1-4H3,(H,18,19). The number of aliphatic carboxylic acids is 1. The molecule has 1 N–H and O–H groups in total. The van der Waals surface area contributed by atoms with Gasteiger partial charge in [-0.3, -0.25) is 4.79 Å². The third kappa shape index (κ3) is 3.49. The first-order chi connectivity index (χ1) is 8.99. The van der Waals surface area contributed by atoms with Gasteiger partial charge in [-0.25, -0.2) is 0 Å². The molecule has 0 radical (unpaired) electrons. The van der Waals surface area contributed by atoms with Crippen molar-refractivity contribution < 1.29 is 9.90 Å². The van der Waals surface area contributed by atoms with Crippen molar-refractivity contribution in [3.63, 3.8) is 0 Å². The average molecular weight is 263 g/mol. The molecule has 0 aliphatic heterocycles. The van der Waals surface area contributed by atoms with Crippen LogP contribution < -0.4 is 4.90 Å². The Kier molecular flexibility index (Phi) is 5.40. The highest BCUT2D eigenvalue weighted by molar-refractivity contribution is 5.75. The van der Waals surface area contributed by atoms with Gasteiger partial charge in [0.05, 0.1) is 5.41 Å². The van der Waals surface area contributed by atoms with Gasteiger partial charge in [-0.15, -0.1) is 0 Å². The van der Waals surface area contributed by atoms with Gasteiger partial charge in [-0.1, -0.05) is 26.0 Å². The van der Waals surface area contributed by atoms with E-state index >= 15 is 0 Å². The van der Waals surface area contributed by atoms with Gasteiger partial charge in [0.1, 0.15) is 0 Å². The number of hydrogen-bond donors (Lipinski definition) is 1. The zero-order valence-corrected chi connectivity index (χ0v) is 12.4. The van der Waals surface area contributed by atoms with Gasteiger partial charge in [0.15, 0.2) is 0 Å². The van der Waals surface area contributed by atoms with Crippen LogP contribution in [-0.2, 0) is 4.79 Å². The van der Waals surface area contributed by atoms with Crippen molar-refractivity contribution in [1.29, 1.82) is 0 Å². The number of carboxylic acid groups (broad SMARTS) is 1. The van der Waals surface area contributed by atoms with E-state index in [1.54, 1.807) is 0 Å². The monoisotopic (exact) mass is 263 g/mol. The molecule has 3 heteroatoms. The first-order valence-corrected chi connectivity index (χ1v) is 7.04. The van der Waals surface area contributed by atoms with Crippen LogP contribution in [0, 0.1) is 12.3 Å². The van der Waals surface area contributed by atoms with Crippen molar-refractivity contribution in [2.45, 2.75) is 40.5 Å². The molecule has 1 aromatic rings. The minimum atomic E-state index is -0.691. The molecule has 0 unspecified atom stereocenters. The summed E-state index contributed by atoms with van der Waals surface area (Å²) in [5.74, 6) is -0.691. The Balaban J connectivity index is 3.01. The van der Waals surface area contributed by atoms with Crippen LogP contribution in [0.15, 0.2) is 24.3 Å². The predicted octanol–water partition coefficient (Wildman–Crippen LogP) is 3.71. The van der Waals surface area contributed by atoms with E-state index in [9.17, 15) is 9.90 Å². The summed E-state index contributed by atoms with van der Waals surface area (Å²) in [4.78, 5) is 13.8. The number of nitrogens with zero attached hydrogens (tertiary/aromatic N) is 1. The normalized spacial score (nSPS) is 11.4. The van der Waals surface area contributed by atoms with Crippen molar-refractivity contribution >= 4 is 11.7 Å². The number of aryl methyl sites for hydroxylation is 1. The predicted molar refractivity (Wildman–Crippen MR) is 79.7 cm³/mol. The summed E-state index contributed by atoms with van der Waals surface area (Å²) in [5.41, 5.74) is 1.65. The lowest BCUT2D eigenvalue weighted by Gasteiger charge is -2.34. The minimum absolute atomic E-state index is 0.565. The highest BCUT2D eigenvalue weighted by atomic mass is 16.4. The first kappa shape index (κ1) is 15.5. The number of rotatable bonds is 7. The average Bonchev–Trinajstić information content (AvgIpc) is 2.40. The second-order valence-electron chi connectivity index (χ2n) is 5.15. The fourth-order valence-corrected chi connectivity index (χ4v) is 2.42. The van der Waals surface area contributed by atoms with E-state index in [2.05, 4.69) is 36.9 Å². The van der Waals surface area contributed by atoms with Crippen LogP contribution in [0.2, 0.25) is 0 Å². The molecule has 0 bridgehead atoms. The second-order valence-corrected chi connectivity index (χ2v) is 5.15. The van der Waals surface area contributed by atoms with Gasteiger partial charge < -0.3 is 10.0 Å². The molecule has 0 aliphatic carbocycles. The Morgan fingerprint density at radius 2 is 1.89 bits per heavy atom. The van der Waals surface area contributed by atoms with Crippen LogP contribution in [0.3, 0.4) is 0 Å². The van der Waals surface area contributed by atoms with Gasteiger partial charge in [0.2, 0.25) is 0 Å². The fourth-order valence-electron chi connectivity index (χ4n) is 2.42. The Morgan fingerprint density at radius 3 is 2.32 bits per heavy atom. The van der Waals surface area contributed by atoms with Crippen LogP contribution in [0.1, 0.15) is 39.2 Å². The maximum Gasteiger partial charge on any atom is 0.311 e. The number of anilines is 1. The SMILES string of the molecule is CCN(CC(CC)(CC)C(=O)O)c1cccc(C)c1. The van der Waals surface area contributed by atoms with Gasteiger partial charge in [-0.05, 0) is 44.4 Å². The van der Waals surface area contributed by atoms with Crippen LogP contribution >= 0.6 is 0 Å². The minimum Gasteiger partial charge on any atom is -0.481 e. The summed E-state index contributed by atoms with van der Waals surface area (Å²) < 4.78 is 0. The Labute approximate surface area is 116 Å². The maximum atomic E-state index is 11.6. The van der Waals surface area contributed by atoms with Crippen LogP contribution in [0.25, 0.3) is 0 Å². The molecule has 0 spiro atoms. The molecule has 1 rings (SSSR count). The molecular weight excluding hydrogens is 238 g/mol. The Morgan fingerprint density at radius 1 is 1.26 bits per heavy atom. The van der Waals surface area contributed by atoms with Gasteiger partial charge in [0.25, 0.3) is 0 Å². The number of carbonyl (C=O) groups is 1. The second kappa shape index (κ2) is 6.60. The summed E-state index contributed by atoms with van der Waals surface area (Å²) in [5, 5.41) is 9.54. The molecule has 0 heterocycles. The quantitative estimate of drug-likeness (QED) is 0.815. The van der Waals surface area contributed by atoms with E-state index in [0.717, 1.165) is 12.2 Å². The molecule has 1 aromatic carbocycles. The van der Waals surface area contributed by atoms with Crippen molar-refractivity contribution in [2.75, 3.05) is 18.0 Å². The van der Waals surface area contributed by atoms with E-state index in [4.69, 9.17) is 0 Å². The first-order valence-electron chi connectivity index (χ1n) is 7.04. The van der Waals surface area contributed by atoms with Gasteiger partial charge >= 0.3 is 5.97 Å². The summed E-state index contributed by atoms with van der Waals surface area (Å²) in [6.45, 7) is 9.43. The zero-order valence-electron chi connectivity index (χ0n) is 12.4. The lowest BCUT2D eigenvalue weighted by atomic mass is 9.81. The summed E-state index contributed by atoms with van der Waals surface area (Å²) in [6.07, 6.45) is 1.31. The van der Waals surface area contributed by atoms with Crippen molar-refractivity contribution in [3.05, 3.63) is 29.8 Å². The smallest absolute Gasteiger partial charge is 0.311 e. The zero-order chi connectivity index (χ0) is 14.5. The molecule has 0 aromatic heterocycles. The number of carboxylic acids is 1. The molecule has 0 amide bonds. The Hall–Kier alpha value is -1.51. The third-order valence-electron chi connectivity index (χ3n) is 4.05. The van der Waals surface area contributed by atoms with Crippen LogP contribution in [-0.4, -0.2) is 24.2 Å². The van der Waals surface area contributed by atoms with Crippen LogP contribution in [0.4, 0.5) is 5.69 Å². The van der Waals surface area contributed by atoms with Crippen molar-refractivity contribution in [2.24, 2.45) is 5.41 Å². The summed E-state index contributed by atoms with van der Waals surface area (Å²) >= 11 is 0. The highest BCUT2D eigenvalue weighted by Crippen LogP contribution is 2.30. The maximum absolute atomic E-state index is 11.6. The lowest BCUT2D eigenvalue weighted by molar-refractivity contribution is -0.148. The molecule has 0 fully saturated rings. The molecule has 19 heavy (non-hydrogen) atoms.